The number of ether oxygens (including phenoxy) is 1. The smallest absolute Gasteiger partial charge is 0.408 e. The minimum absolute atomic E-state index is 0.0290. The number of hydrogen-bond acceptors (Lipinski definition) is 4. The molecule has 0 bridgehead atoms. The van der Waals surface area contributed by atoms with Gasteiger partial charge in [-0.05, 0) is 23.6 Å². The Bertz CT molecular complexity index is 1220. The lowest BCUT2D eigenvalue weighted by Crippen LogP contribution is -2.59. The van der Waals surface area contributed by atoms with Gasteiger partial charge in [0, 0.05) is 5.56 Å². The van der Waals surface area contributed by atoms with E-state index in [2.05, 4.69) is 5.32 Å². The molecule has 182 valence electrons. The normalized spacial score (nSPS) is 13.3. The summed E-state index contributed by atoms with van der Waals surface area (Å²) in [6.07, 6.45) is -1.41. The Morgan fingerprint density at radius 3 is 1.94 bits per heavy atom. The van der Waals surface area contributed by atoms with E-state index in [1.54, 1.807) is 60.7 Å². The summed E-state index contributed by atoms with van der Waals surface area (Å²) in [5.41, 5.74) is -1.63. The molecule has 0 aromatic heterocycles. The number of hydrogen-bond donors (Lipinski definition) is 3. The molecule has 3 aromatic carbocycles. The van der Waals surface area contributed by atoms with E-state index in [0.29, 0.717) is 11.1 Å². The summed E-state index contributed by atoms with van der Waals surface area (Å²) in [7, 11) is 0. The lowest BCUT2D eigenvalue weighted by Gasteiger charge is -2.36. The average molecular weight is 537 g/mol. The molecule has 1 unspecified atom stereocenters. The van der Waals surface area contributed by atoms with Crippen LogP contribution in [0.1, 0.15) is 16.7 Å². The number of nitrogens with one attached hydrogen (secondary N) is 1. The van der Waals surface area contributed by atoms with Gasteiger partial charge in [-0.3, -0.25) is 4.79 Å². The fourth-order valence-electron chi connectivity index (χ4n) is 3.69. The Morgan fingerprint density at radius 1 is 0.829 bits per heavy atom. The maximum atomic E-state index is 12.9. The molecular weight excluding hydrogens is 517 g/mol. The fraction of sp³-hybridized carbons (Fsp3) is 0.160. The van der Waals surface area contributed by atoms with Crippen LogP contribution in [0.3, 0.4) is 0 Å². The predicted octanol–water partition coefficient (Wildman–Crippen LogP) is 5.80. The topological polar surface area (TPSA) is 113 Å². The van der Waals surface area contributed by atoms with Crippen molar-refractivity contribution in [3.63, 3.8) is 0 Å². The van der Waals surface area contributed by atoms with Crippen LogP contribution in [0.5, 0.6) is 0 Å². The lowest BCUT2D eigenvalue weighted by molar-refractivity contribution is -0.158. The van der Waals surface area contributed by atoms with Gasteiger partial charge in [0.1, 0.15) is 6.61 Å². The van der Waals surface area contributed by atoms with E-state index in [1.165, 1.54) is 12.1 Å². The molecule has 0 fully saturated rings. The van der Waals surface area contributed by atoms with Gasteiger partial charge in [-0.2, -0.15) is 0 Å². The van der Waals surface area contributed by atoms with Crippen LogP contribution in [-0.4, -0.2) is 28.2 Å². The van der Waals surface area contributed by atoms with Crippen molar-refractivity contribution in [1.82, 2.24) is 5.32 Å². The zero-order valence-corrected chi connectivity index (χ0v) is 20.3. The molecule has 0 aliphatic carbocycles. The van der Waals surface area contributed by atoms with Crippen LogP contribution in [0, 0.1) is 5.92 Å². The van der Waals surface area contributed by atoms with E-state index in [0.717, 1.165) is 0 Å². The number of carbonyl (C=O) groups excluding carboxylic acids is 1. The molecule has 3 aromatic rings. The predicted molar refractivity (Wildman–Crippen MR) is 132 cm³/mol. The van der Waals surface area contributed by atoms with Crippen molar-refractivity contribution in [2.75, 3.05) is 0 Å². The number of aliphatic carboxylic acids is 2. The molecule has 0 heterocycles. The molecule has 3 rings (SSSR count). The Hall–Kier alpha value is -3.26. The number of halogens is 3. The molecular formula is C25H20Cl3NO6. The van der Waals surface area contributed by atoms with Crippen molar-refractivity contribution in [2.45, 2.75) is 18.6 Å². The molecule has 0 spiro atoms. The van der Waals surface area contributed by atoms with Crippen LogP contribution in [0.25, 0.3) is 0 Å². The van der Waals surface area contributed by atoms with Crippen LogP contribution < -0.4 is 5.32 Å². The minimum atomic E-state index is -2.55. The summed E-state index contributed by atoms with van der Waals surface area (Å²) < 4.78 is 5.22. The van der Waals surface area contributed by atoms with Crippen LogP contribution in [0.4, 0.5) is 4.79 Å². The highest BCUT2D eigenvalue weighted by Gasteiger charge is 2.54. The summed E-state index contributed by atoms with van der Waals surface area (Å²) >= 11 is 18.6. The number of carboxylic acids is 2. The van der Waals surface area contributed by atoms with Gasteiger partial charge in [0.05, 0.1) is 21.0 Å². The van der Waals surface area contributed by atoms with Gasteiger partial charge in [-0.1, -0.05) is 102 Å². The third-order valence-electron chi connectivity index (χ3n) is 5.41. The Morgan fingerprint density at radius 2 is 1.40 bits per heavy atom. The highest BCUT2D eigenvalue weighted by atomic mass is 35.5. The van der Waals surface area contributed by atoms with Crippen molar-refractivity contribution in [3.05, 3.63) is 105 Å². The average Bonchev–Trinajstić information content (AvgIpc) is 2.84. The first-order valence-electron chi connectivity index (χ1n) is 10.3. The third kappa shape index (κ3) is 5.88. The second-order valence-corrected chi connectivity index (χ2v) is 8.77. The van der Waals surface area contributed by atoms with Gasteiger partial charge >= 0.3 is 18.0 Å². The largest absolute Gasteiger partial charge is 0.481 e. The molecule has 0 saturated carbocycles. The monoisotopic (exact) mass is 535 g/mol. The standard InChI is InChI=1S/C25H20Cl3NO6/c26-19-12-11-17(20(27)21(19)28)25(23(32)33,18(22(30)31)13-15-7-3-1-4-8-15)29-24(34)35-14-16-9-5-2-6-10-16/h1-12,18H,13-14H2,(H,29,34)(H,30,31)(H,32,33)/t18?,25-/m0/s1. The van der Waals surface area contributed by atoms with E-state index < -0.39 is 29.5 Å². The number of alkyl carbamates (subject to hydrolysis) is 1. The van der Waals surface area contributed by atoms with Crippen molar-refractivity contribution in [2.24, 2.45) is 5.92 Å². The molecule has 7 nitrogen and oxygen atoms in total. The Kier molecular flexibility index (Phi) is 8.62. The van der Waals surface area contributed by atoms with Gasteiger partial charge in [0.2, 0.25) is 0 Å². The van der Waals surface area contributed by atoms with Crippen LogP contribution in [0.2, 0.25) is 15.1 Å². The van der Waals surface area contributed by atoms with Crippen LogP contribution in [0.15, 0.2) is 72.8 Å². The van der Waals surface area contributed by atoms with Gasteiger partial charge in [-0.15, -0.1) is 0 Å². The molecule has 1 amide bonds. The zero-order valence-electron chi connectivity index (χ0n) is 18.1. The molecule has 35 heavy (non-hydrogen) atoms. The van der Waals surface area contributed by atoms with E-state index in [1.807, 2.05) is 0 Å². The van der Waals surface area contributed by atoms with E-state index in [-0.39, 0.29) is 33.7 Å². The van der Waals surface area contributed by atoms with Gasteiger partial charge < -0.3 is 20.3 Å². The maximum Gasteiger partial charge on any atom is 0.408 e. The van der Waals surface area contributed by atoms with Crippen LogP contribution >= 0.6 is 34.8 Å². The number of carboxylic acid groups (broad SMARTS) is 2. The van der Waals surface area contributed by atoms with E-state index in [4.69, 9.17) is 39.5 Å². The summed E-state index contributed by atoms with van der Waals surface area (Å²) in [6, 6.07) is 19.6. The highest BCUT2D eigenvalue weighted by Crippen LogP contribution is 2.42. The quantitative estimate of drug-likeness (QED) is 0.298. The van der Waals surface area contributed by atoms with Crippen molar-refractivity contribution >= 4 is 52.8 Å². The second-order valence-electron chi connectivity index (χ2n) is 7.60. The van der Waals surface area contributed by atoms with E-state index in [9.17, 15) is 24.6 Å². The molecule has 0 aliphatic rings. The molecule has 0 radical (unpaired) electrons. The van der Waals surface area contributed by atoms with E-state index >= 15 is 0 Å². The van der Waals surface area contributed by atoms with Crippen molar-refractivity contribution in [3.8, 4) is 0 Å². The maximum absolute atomic E-state index is 12.9. The number of carbonyl (C=O) groups is 3. The van der Waals surface area contributed by atoms with Gasteiger partial charge in [-0.25, -0.2) is 9.59 Å². The minimum Gasteiger partial charge on any atom is -0.481 e. The third-order valence-corrected chi connectivity index (χ3v) is 6.71. The number of benzene rings is 3. The summed E-state index contributed by atoms with van der Waals surface area (Å²) in [5, 5.41) is 22.4. The molecule has 3 N–H and O–H groups in total. The summed E-state index contributed by atoms with van der Waals surface area (Å²) in [4.78, 5) is 38.2. The first-order valence-corrected chi connectivity index (χ1v) is 11.4. The fourth-order valence-corrected chi connectivity index (χ4v) is 4.37. The van der Waals surface area contributed by atoms with Gasteiger partial charge in [0.25, 0.3) is 0 Å². The van der Waals surface area contributed by atoms with Crippen LogP contribution in [-0.2, 0) is 32.9 Å². The summed E-state index contributed by atoms with van der Waals surface area (Å²) in [6.45, 7) is -0.173. The highest BCUT2D eigenvalue weighted by molar-refractivity contribution is 6.48. The Labute approximate surface area is 216 Å². The molecule has 10 heteroatoms. The number of amides is 1. The first-order chi connectivity index (χ1) is 16.7. The lowest BCUT2D eigenvalue weighted by atomic mass is 9.74. The van der Waals surface area contributed by atoms with Crippen molar-refractivity contribution in [1.29, 1.82) is 0 Å². The van der Waals surface area contributed by atoms with Gasteiger partial charge in [0.15, 0.2) is 5.54 Å². The molecule has 2 atom stereocenters. The van der Waals surface area contributed by atoms with Crippen molar-refractivity contribution < 1.29 is 29.3 Å². The Balaban J connectivity index is 2.11. The first kappa shape index (κ1) is 26.3. The molecule has 0 aliphatic heterocycles. The SMILES string of the molecule is O=C(N[C@@](C(=O)O)(c1ccc(Cl)c(Cl)c1Cl)C(Cc1ccccc1)C(=O)O)OCc1ccccc1. The summed E-state index contributed by atoms with van der Waals surface area (Å²) in [5.74, 6) is -4.86. The number of rotatable bonds is 9. The molecule has 0 saturated heterocycles. The zero-order chi connectivity index (χ0) is 25.6. The second kappa shape index (κ2) is 11.4.